The second-order valence-electron chi connectivity index (χ2n) is 5.59. The molecule has 0 radical (unpaired) electrons. The van der Waals surface area contributed by atoms with Gasteiger partial charge in [-0.25, -0.2) is 4.79 Å². The third-order valence-electron chi connectivity index (χ3n) is 4.15. The molecule has 0 spiro atoms. The Morgan fingerprint density at radius 1 is 1.13 bits per heavy atom. The summed E-state index contributed by atoms with van der Waals surface area (Å²) in [7, 11) is 1.31. The van der Waals surface area contributed by atoms with Crippen molar-refractivity contribution < 1.29 is 14.3 Å². The number of nitrogens with one attached hydrogen (secondary N) is 1. The summed E-state index contributed by atoms with van der Waals surface area (Å²) in [5.74, 6) is -0.575. The van der Waals surface area contributed by atoms with Crippen LogP contribution in [0.3, 0.4) is 0 Å². The first-order valence-electron chi connectivity index (χ1n) is 7.32. The molecule has 0 aromatic heterocycles. The maximum atomic E-state index is 12.7. The average molecular weight is 330 g/mol. The molecule has 0 saturated heterocycles. The van der Waals surface area contributed by atoms with Gasteiger partial charge in [-0.2, -0.15) is 0 Å². The first-order chi connectivity index (χ1) is 11.1. The zero-order valence-electron chi connectivity index (χ0n) is 12.6. The molecule has 1 fully saturated rings. The predicted molar refractivity (Wildman–Crippen MR) is 88.8 cm³/mol. The fraction of sp³-hybridized carbons (Fsp3) is 0.222. The molecule has 0 heterocycles. The number of esters is 1. The standard InChI is InChI=1S/C18H16ClNO3/c1-23-16(21)12-7-8-14(19)15(11-12)20-17(22)18(9-10-18)13-5-3-2-4-6-13/h2-8,11H,9-10H2,1H3,(H,20,22). The zero-order valence-corrected chi connectivity index (χ0v) is 13.4. The topological polar surface area (TPSA) is 55.4 Å². The highest BCUT2D eigenvalue weighted by atomic mass is 35.5. The Kier molecular flexibility index (Phi) is 4.09. The summed E-state index contributed by atoms with van der Waals surface area (Å²) in [6.45, 7) is 0. The number of methoxy groups -OCH3 is 1. The van der Waals surface area contributed by atoms with Crippen molar-refractivity contribution in [2.45, 2.75) is 18.3 Å². The number of hydrogen-bond donors (Lipinski definition) is 1. The third-order valence-corrected chi connectivity index (χ3v) is 4.48. The van der Waals surface area contributed by atoms with Gasteiger partial charge in [-0.15, -0.1) is 0 Å². The number of hydrogen-bond acceptors (Lipinski definition) is 3. The van der Waals surface area contributed by atoms with E-state index in [9.17, 15) is 9.59 Å². The zero-order chi connectivity index (χ0) is 16.4. The molecule has 0 bridgehead atoms. The molecule has 1 aliphatic carbocycles. The lowest BCUT2D eigenvalue weighted by Crippen LogP contribution is -2.28. The predicted octanol–water partition coefficient (Wildman–Crippen LogP) is 3.80. The summed E-state index contributed by atoms with van der Waals surface area (Å²) in [5, 5.41) is 3.24. The minimum absolute atomic E-state index is 0.104. The van der Waals surface area contributed by atoms with E-state index in [0.717, 1.165) is 18.4 Å². The smallest absolute Gasteiger partial charge is 0.337 e. The van der Waals surface area contributed by atoms with Crippen LogP contribution in [-0.2, 0) is 14.9 Å². The van der Waals surface area contributed by atoms with Crippen LogP contribution in [0.5, 0.6) is 0 Å². The lowest BCUT2D eigenvalue weighted by atomic mass is 9.95. The number of rotatable bonds is 4. The number of halogens is 1. The summed E-state index contributed by atoms with van der Waals surface area (Å²) in [5.41, 5.74) is 1.27. The number of carbonyl (C=O) groups is 2. The van der Waals surface area contributed by atoms with Crippen LogP contribution in [0.4, 0.5) is 5.69 Å². The molecule has 1 saturated carbocycles. The Balaban J connectivity index is 1.85. The molecule has 0 aliphatic heterocycles. The van der Waals surface area contributed by atoms with E-state index in [4.69, 9.17) is 16.3 Å². The largest absolute Gasteiger partial charge is 0.465 e. The van der Waals surface area contributed by atoms with Crippen LogP contribution in [0, 0.1) is 0 Å². The molecule has 118 valence electrons. The van der Waals surface area contributed by atoms with Crippen molar-refractivity contribution in [3.8, 4) is 0 Å². The maximum absolute atomic E-state index is 12.7. The summed E-state index contributed by atoms with van der Waals surface area (Å²) >= 11 is 6.14. The van der Waals surface area contributed by atoms with Crippen LogP contribution < -0.4 is 5.32 Å². The fourth-order valence-corrected chi connectivity index (χ4v) is 2.80. The van der Waals surface area contributed by atoms with Crippen LogP contribution in [0.15, 0.2) is 48.5 Å². The number of amides is 1. The average Bonchev–Trinajstić information content (AvgIpc) is 3.39. The Hall–Kier alpha value is -2.33. The van der Waals surface area contributed by atoms with E-state index in [2.05, 4.69) is 5.32 Å². The Bertz CT molecular complexity index is 754. The van der Waals surface area contributed by atoms with E-state index in [-0.39, 0.29) is 5.91 Å². The highest BCUT2D eigenvalue weighted by Gasteiger charge is 2.51. The van der Waals surface area contributed by atoms with Crippen LogP contribution in [-0.4, -0.2) is 19.0 Å². The van der Waals surface area contributed by atoms with Gasteiger partial charge in [-0.1, -0.05) is 41.9 Å². The summed E-state index contributed by atoms with van der Waals surface area (Å²) in [6.07, 6.45) is 1.61. The van der Waals surface area contributed by atoms with Gasteiger partial charge in [0, 0.05) is 0 Å². The van der Waals surface area contributed by atoms with Crippen LogP contribution in [0.2, 0.25) is 5.02 Å². The molecular formula is C18H16ClNO3. The number of anilines is 1. The van der Waals surface area contributed by atoms with Gasteiger partial charge >= 0.3 is 5.97 Å². The van der Waals surface area contributed by atoms with E-state index in [1.165, 1.54) is 13.2 Å². The van der Waals surface area contributed by atoms with Gasteiger partial charge in [0.1, 0.15) is 0 Å². The lowest BCUT2D eigenvalue weighted by Gasteiger charge is -2.17. The van der Waals surface area contributed by atoms with Crippen LogP contribution in [0.25, 0.3) is 0 Å². The first kappa shape index (κ1) is 15.6. The second kappa shape index (κ2) is 6.05. The van der Waals surface area contributed by atoms with Crippen molar-refractivity contribution in [2.75, 3.05) is 12.4 Å². The van der Waals surface area contributed by atoms with Crippen molar-refractivity contribution in [1.82, 2.24) is 0 Å². The van der Waals surface area contributed by atoms with Gasteiger partial charge in [0.05, 0.1) is 28.8 Å². The molecule has 1 aliphatic rings. The molecular weight excluding hydrogens is 314 g/mol. The Morgan fingerprint density at radius 2 is 1.83 bits per heavy atom. The quantitative estimate of drug-likeness (QED) is 0.868. The Labute approximate surface area is 139 Å². The summed E-state index contributed by atoms with van der Waals surface area (Å²) in [4.78, 5) is 24.3. The van der Waals surface area contributed by atoms with Crippen LogP contribution in [0.1, 0.15) is 28.8 Å². The maximum Gasteiger partial charge on any atom is 0.337 e. The molecule has 4 nitrogen and oxygen atoms in total. The van der Waals surface area contributed by atoms with E-state index >= 15 is 0 Å². The van der Waals surface area contributed by atoms with Crippen molar-refractivity contribution >= 4 is 29.2 Å². The molecule has 2 aromatic carbocycles. The van der Waals surface area contributed by atoms with Crippen molar-refractivity contribution in [3.05, 3.63) is 64.7 Å². The molecule has 2 aromatic rings. The van der Waals surface area contributed by atoms with Gasteiger partial charge in [-0.05, 0) is 36.6 Å². The van der Waals surface area contributed by atoms with E-state index in [0.29, 0.717) is 16.3 Å². The molecule has 5 heteroatoms. The minimum atomic E-state index is -0.494. The van der Waals surface area contributed by atoms with Crippen molar-refractivity contribution in [1.29, 1.82) is 0 Å². The molecule has 23 heavy (non-hydrogen) atoms. The van der Waals surface area contributed by atoms with Gasteiger partial charge in [0.25, 0.3) is 0 Å². The first-order valence-corrected chi connectivity index (χ1v) is 7.69. The number of ether oxygens (including phenoxy) is 1. The normalized spacial score (nSPS) is 14.9. The monoisotopic (exact) mass is 329 g/mol. The van der Waals surface area contributed by atoms with Crippen LogP contribution >= 0.6 is 11.6 Å². The van der Waals surface area contributed by atoms with Gasteiger partial charge < -0.3 is 10.1 Å². The molecule has 3 rings (SSSR count). The molecule has 1 N–H and O–H groups in total. The molecule has 1 amide bonds. The SMILES string of the molecule is COC(=O)c1ccc(Cl)c(NC(=O)C2(c3ccccc3)CC2)c1. The lowest BCUT2D eigenvalue weighted by molar-refractivity contribution is -0.118. The van der Waals surface area contributed by atoms with Gasteiger partial charge in [0.15, 0.2) is 0 Å². The van der Waals surface area contributed by atoms with Crippen molar-refractivity contribution in [3.63, 3.8) is 0 Å². The van der Waals surface area contributed by atoms with Gasteiger partial charge in [-0.3, -0.25) is 4.79 Å². The summed E-state index contributed by atoms with van der Waals surface area (Å²) in [6, 6.07) is 14.4. The number of benzene rings is 2. The minimum Gasteiger partial charge on any atom is -0.465 e. The number of carbonyl (C=O) groups excluding carboxylic acids is 2. The van der Waals surface area contributed by atoms with E-state index in [1.807, 2.05) is 30.3 Å². The van der Waals surface area contributed by atoms with E-state index < -0.39 is 11.4 Å². The Morgan fingerprint density at radius 3 is 2.43 bits per heavy atom. The van der Waals surface area contributed by atoms with Crippen molar-refractivity contribution in [2.24, 2.45) is 0 Å². The molecule has 0 unspecified atom stereocenters. The fourth-order valence-electron chi connectivity index (χ4n) is 2.64. The van der Waals surface area contributed by atoms with E-state index in [1.54, 1.807) is 12.1 Å². The second-order valence-corrected chi connectivity index (χ2v) is 6.00. The third kappa shape index (κ3) is 2.94. The summed E-state index contributed by atoms with van der Waals surface area (Å²) < 4.78 is 4.69. The van der Waals surface area contributed by atoms with Gasteiger partial charge in [0.2, 0.25) is 5.91 Å². The molecule has 0 atom stereocenters. The highest BCUT2D eigenvalue weighted by Crippen LogP contribution is 2.49. The highest BCUT2D eigenvalue weighted by molar-refractivity contribution is 6.34.